The van der Waals surface area contributed by atoms with E-state index in [4.69, 9.17) is 0 Å². The fourth-order valence-corrected chi connectivity index (χ4v) is 2.11. The molecule has 1 aromatic carbocycles. The average Bonchev–Trinajstić information content (AvgIpc) is 2.47. The fourth-order valence-electron chi connectivity index (χ4n) is 2.11. The van der Waals surface area contributed by atoms with Crippen LogP contribution in [0.4, 0.5) is 5.69 Å². The molecule has 3 heteroatoms. The molecule has 112 valence electrons. The third-order valence-electron chi connectivity index (χ3n) is 3.47. The average molecular weight is 283 g/mol. The Morgan fingerprint density at radius 1 is 1.10 bits per heavy atom. The summed E-state index contributed by atoms with van der Waals surface area (Å²) in [5, 5.41) is 3.40. The first-order valence-electron chi connectivity index (χ1n) is 7.49. The number of aromatic nitrogens is 1. The van der Waals surface area contributed by atoms with Crippen molar-refractivity contribution in [2.75, 3.05) is 11.9 Å². The Bertz CT molecular complexity index is 544. The number of rotatable bonds is 6. The van der Waals surface area contributed by atoms with Gasteiger partial charge in [0.1, 0.15) is 0 Å². The lowest BCUT2D eigenvalue weighted by Crippen LogP contribution is -2.22. The first-order valence-corrected chi connectivity index (χ1v) is 7.49. The summed E-state index contributed by atoms with van der Waals surface area (Å²) < 4.78 is 0. The number of hydrogen-bond acceptors (Lipinski definition) is 3. The van der Waals surface area contributed by atoms with Gasteiger partial charge in [-0.3, -0.25) is 4.98 Å². The highest BCUT2D eigenvalue weighted by molar-refractivity contribution is 5.46. The van der Waals surface area contributed by atoms with E-state index in [0.29, 0.717) is 6.04 Å². The molecule has 0 aliphatic rings. The highest BCUT2D eigenvalue weighted by Gasteiger charge is 2.03. The molecule has 0 atom stereocenters. The van der Waals surface area contributed by atoms with Gasteiger partial charge in [-0.05, 0) is 30.7 Å². The van der Waals surface area contributed by atoms with E-state index in [0.717, 1.165) is 18.8 Å². The molecule has 0 saturated carbocycles. The Morgan fingerprint density at radius 3 is 2.38 bits per heavy atom. The van der Waals surface area contributed by atoms with Crippen molar-refractivity contribution < 1.29 is 0 Å². The fraction of sp³-hybridized carbons (Fsp3) is 0.389. The summed E-state index contributed by atoms with van der Waals surface area (Å²) in [5.41, 5.74) is 4.82. The maximum Gasteiger partial charge on any atom is 0.0598 e. The van der Waals surface area contributed by atoms with Crippen LogP contribution >= 0.6 is 0 Å². The van der Waals surface area contributed by atoms with Crippen LogP contribution in [0, 0.1) is 6.92 Å². The van der Waals surface area contributed by atoms with Crippen LogP contribution in [0.15, 0.2) is 42.6 Å². The van der Waals surface area contributed by atoms with E-state index in [1.54, 1.807) is 0 Å². The van der Waals surface area contributed by atoms with Crippen molar-refractivity contribution in [1.29, 1.82) is 0 Å². The number of pyridine rings is 1. The maximum atomic E-state index is 4.56. The molecule has 0 fully saturated rings. The summed E-state index contributed by atoms with van der Waals surface area (Å²) in [6.07, 6.45) is 1.97. The van der Waals surface area contributed by atoms with Gasteiger partial charge in [-0.25, -0.2) is 0 Å². The number of benzene rings is 1. The van der Waals surface area contributed by atoms with Crippen molar-refractivity contribution in [3.05, 3.63) is 59.4 Å². The van der Waals surface area contributed by atoms with Crippen molar-refractivity contribution in [1.82, 2.24) is 10.3 Å². The molecule has 0 aliphatic heterocycles. The minimum atomic E-state index is 0.498. The van der Waals surface area contributed by atoms with Crippen molar-refractivity contribution in [3.8, 4) is 0 Å². The third-order valence-corrected chi connectivity index (χ3v) is 3.47. The molecule has 0 amide bonds. The predicted molar refractivity (Wildman–Crippen MR) is 89.5 cm³/mol. The third kappa shape index (κ3) is 4.87. The standard InChI is InChI=1S/C18H25N3/c1-14(2)19-11-16-7-8-17(20-12-16)13-21(4)18-9-5-15(3)6-10-18/h5-10,12,14,19H,11,13H2,1-4H3. The van der Waals surface area contributed by atoms with Gasteiger partial charge >= 0.3 is 0 Å². The summed E-state index contributed by atoms with van der Waals surface area (Å²) in [6.45, 7) is 8.10. The van der Waals surface area contributed by atoms with Gasteiger partial charge in [0.15, 0.2) is 0 Å². The van der Waals surface area contributed by atoms with Crippen LogP contribution in [-0.4, -0.2) is 18.1 Å². The van der Waals surface area contributed by atoms with Crippen molar-refractivity contribution in [3.63, 3.8) is 0 Å². The Kier molecular flexibility index (Phi) is 5.34. The molecule has 3 nitrogen and oxygen atoms in total. The number of aryl methyl sites for hydroxylation is 1. The monoisotopic (exact) mass is 283 g/mol. The van der Waals surface area contributed by atoms with Gasteiger partial charge < -0.3 is 10.2 Å². The highest BCUT2D eigenvalue weighted by Crippen LogP contribution is 2.15. The van der Waals surface area contributed by atoms with Crippen molar-refractivity contribution in [2.45, 2.75) is 39.9 Å². The zero-order valence-electron chi connectivity index (χ0n) is 13.4. The Balaban J connectivity index is 1.94. The van der Waals surface area contributed by atoms with E-state index >= 15 is 0 Å². The van der Waals surface area contributed by atoms with Gasteiger partial charge in [-0.1, -0.05) is 37.6 Å². The zero-order chi connectivity index (χ0) is 15.2. The maximum absolute atomic E-state index is 4.56. The van der Waals surface area contributed by atoms with Gasteiger partial charge in [0.05, 0.1) is 12.2 Å². The SMILES string of the molecule is Cc1ccc(N(C)Cc2ccc(CNC(C)C)cn2)cc1. The molecule has 0 radical (unpaired) electrons. The van der Waals surface area contributed by atoms with Gasteiger partial charge in [0, 0.05) is 31.5 Å². The minimum Gasteiger partial charge on any atom is -0.369 e. The molecule has 0 bridgehead atoms. The Labute approximate surface area is 128 Å². The lowest BCUT2D eigenvalue weighted by molar-refractivity contribution is 0.587. The van der Waals surface area contributed by atoms with Gasteiger partial charge in [-0.15, -0.1) is 0 Å². The summed E-state index contributed by atoms with van der Waals surface area (Å²) in [6, 6.07) is 13.3. The van der Waals surface area contributed by atoms with Crippen LogP contribution in [0.3, 0.4) is 0 Å². The van der Waals surface area contributed by atoms with Crippen LogP contribution in [0.2, 0.25) is 0 Å². The van der Waals surface area contributed by atoms with Crippen LogP contribution in [0.5, 0.6) is 0 Å². The second-order valence-corrected chi connectivity index (χ2v) is 5.88. The van der Waals surface area contributed by atoms with Crippen molar-refractivity contribution in [2.24, 2.45) is 0 Å². The zero-order valence-corrected chi connectivity index (χ0v) is 13.4. The largest absolute Gasteiger partial charge is 0.369 e. The number of nitrogens with zero attached hydrogens (tertiary/aromatic N) is 2. The lowest BCUT2D eigenvalue weighted by atomic mass is 10.2. The van der Waals surface area contributed by atoms with Gasteiger partial charge in [0.2, 0.25) is 0 Å². The molecule has 1 N–H and O–H groups in total. The minimum absolute atomic E-state index is 0.498. The molecule has 0 aliphatic carbocycles. The van der Waals surface area contributed by atoms with E-state index in [1.807, 2.05) is 6.20 Å². The molecule has 0 unspecified atom stereocenters. The molecular formula is C18H25N3. The van der Waals surface area contributed by atoms with E-state index in [-0.39, 0.29) is 0 Å². The molecule has 21 heavy (non-hydrogen) atoms. The van der Waals surface area contributed by atoms with Crippen LogP contribution in [-0.2, 0) is 13.1 Å². The quantitative estimate of drug-likeness (QED) is 0.879. The summed E-state index contributed by atoms with van der Waals surface area (Å²) in [5.74, 6) is 0. The molecular weight excluding hydrogens is 258 g/mol. The van der Waals surface area contributed by atoms with E-state index < -0.39 is 0 Å². The smallest absolute Gasteiger partial charge is 0.0598 e. The Hall–Kier alpha value is -1.87. The van der Waals surface area contributed by atoms with Gasteiger partial charge in [-0.2, -0.15) is 0 Å². The molecule has 1 heterocycles. The number of anilines is 1. The first kappa shape index (κ1) is 15.5. The van der Waals surface area contributed by atoms with Crippen LogP contribution < -0.4 is 10.2 Å². The second kappa shape index (κ2) is 7.23. The van der Waals surface area contributed by atoms with Crippen LogP contribution in [0.25, 0.3) is 0 Å². The summed E-state index contributed by atoms with van der Waals surface area (Å²) in [4.78, 5) is 6.77. The van der Waals surface area contributed by atoms with E-state index in [2.05, 4.69) is 79.4 Å². The van der Waals surface area contributed by atoms with E-state index in [9.17, 15) is 0 Å². The van der Waals surface area contributed by atoms with E-state index in [1.165, 1.54) is 16.8 Å². The molecule has 1 aromatic heterocycles. The molecule has 2 aromatic rings. The van der Waals surface area contributed by atoms with Crippen molar-refractivity contribution >= 4 is 5.69 Å². The summed E-state index contributed by atoms with van der Waals surface area (Å²) in [7, 11) is 2.10. The first-order chi connectivity index (χ1) is 10.0. The predicted octanol–water partition coefficient (Wildman–Crippen LogP) is 3.52. The van der Waals surface area contributed by atoms with Crippen LogP contribution in [0.1, 0.15) is 30.7 Å². The lowest BCUT2D eigenvalue weighted by Gasteiger charge is -2.19. The normalized spacial score (nSPS) is 10.9. The summed E-state index contributed by atoms with van der Waals surface area (Å²) >= 11 is 0. The molecule has 2 rings (SSSR count). The second-order valence-electron chi connectivity index (χ2n) is 5.88. The highest BCUT2D eigenvalue weighted by atomic mass is 15.1. The van der Waals surface area contributed by atoms with Gasteiger partial charge in [0.25, 0.3) is 0 Å². The number of nitrogens with one attached hydrogen (secondary N) is 1. The Morgan fingerprint density at radius 2 is 1.81 bits per heavy atom. The topological polar surface area (TPSA) is 28.2 Å². The molecule has 0 spiro atoms. The molecule has 0 saturated heterocycles. The number of hydrogen-bond donors (Lipinski definition) is 1.